The van der Waals surface area contributed by atoms with Crippen LogP contribution in [-0.4, -0.2) is 41.3 Å². The Balaban J connectivity index is 2.01. The van der Waals surface area contributed by atoms with Gasteiger partial charge in [-0.2, -0.15) is 5.10 Å². The molecule has 2 aromatic rings. The molecule has 0 bridgehead atoms. The third-order valence-corrected chi connectivity index (χ3v) is 4.79. The molecule has 1 aromatic heterocycles. The fraction of sp³-hybridized carbons (Fsp3) is 0.467. The quantitative estimate of drug-likeness (QED) is 0.730. The summed E-state index contributed by atoms with van der Waals surface area (Å²) in [4.78, 5) is 13.7. The Hall–Kier alpha value is -1.15. The van der Waals surface area contributed by atoms with E-state index in [-0.39, 0.29) is 12.1 Å². The highest BCUT2D eigenvalue weighted by molar-refractivity contribution is 14.1. The fourth-order valence-electron chi connectivity index (χ4n) is 2.57. The molecule has 6 heteroatoms. The van der Waals surface area contributed by atoms with Crippen molar-refractivity contribution in [3.63, 3.8) is 0 Å². The van der Waals surface area contributed by atoms with Crippen LogP contribution < -0.4 is 0 Å². The maximum atomic E-state index is 12.1. The molecule has 0 N–H and O–H groups in total. The molecule has 3 rings (SSSR count). The van der Waals surface area contributed by atoms with Crippen LogP contribution in [0.1, 0.15) is 35.8 Å². The molecule has 0 aliphatic carbocycles. The van der Waals surface area contributed by atoms with Crippen molar-refractivity contribution < 1.29 is 9.53 Å². The Labute approximate surface area is 137 Å². The smallest absolute Gasteiger partial charge is 0.253 e. The van der Waals surface area contributed by atoms with E-state index < -0.39 is 0 Å². The third kappa shape index (κ3) is 2.78. The van der Waals surface area contributed by atoms with E-state index in [4.69, 9.17) is 4.74 Å². The lowest BCUT2D eigenvalue weighted by atomic mass is 10.1. The summed E-state index contributed by atoms with van der Waals surface area (Å²) in [5.74, 6) is 0.00867. The first-order chi connectivity index (χ1) is 10.1. The second-order valence-corrected chi connectivity index (χ2v) is 6.51. The van der Waals surface area contributed by atoms with Crippen molar-refractivity contribution in [2.45, 2.75) is 25.5 Å². The molecular formula is C15H18IN3O2. The van der Waals surface area contributed by atoms with Crippen LogP contribution >= 0.6 is 22.6 Å². The van der Waals surface area contributed by atoms with E-state index in [1.54, 1.807) is 19.0 Å². The highest BCUT2D eigenvalue weighted by Crippen LogP contribution is 2.29. The highest BCUT2D eigenvalue weighted by atomic mass is 127. The monoisotopic (exact) mass is 399 g/mol. The number of nitrogens with zero attached hydrogens (tertiary/aromatic N) is 3. The maximum absolute atomic E-state index is 12.1. The van der Waals surface area contributed by atoms with Gasteiger partial charge in [-0.3, -0.25) is 4.79 Å². The van der Waals surface area contributed by atoms with E-state index >= 15 is 0 Å². The number of aromatic nitrogens is 2. The average Bonchev–Trinajstić information content (AvgIpc) is 2.84. The lowest BCUT2D eigenvalue weighted by Crippen LogP contribution is -2.21. The largest absolute Gasteiger partial charge is 0.356 e. The molecule has 112 valence electrons. The molecule has 1 amide bonds. The van der Waals surface area contributed by atoms with Crippen LogP contribution in [-0.2, 0) is 4.74 Å². The number of amides is 1. The molecule has 1 atom stereocenters. The van der Waals surface area contributed by atoms with Crippen LogP contribution in [0.25, 0.3) is 10.9 Å². The van der Waals surface area contributed by atoms with Crippen molar-refractivity contribution in [2.24, 2.45) is 0 Å². The molecule has 21 heavy (non-hydrogen) atoms. The minimum Gasteiger partial charge on any atom is -0.356 e. The molecule has 1 saturated heterocycles. The van der Waals surface area contributed by atoms with Gasteiger partial charge >= 0.3 is 0 Å². The number of hydrogen-bond donors (Lipinski definition) is 0. The van der Waals surface area contributed by atoms with E-state index in [1.807, 2.05) is 22.9 Å². The van der Waals surface area contributed by atoms with Gasteiger partial charge in [0.15, 0.2) is 6.23 Å². The van der Waals surface area contributed by atoms with Crippen molar-refractivity contribution in [3.05, 3.63) is 27.5 Å². The molecule has 1 unspecified atom stereocenters. The molecule has 2 heterocycles. The zero-order valence-corrected chi connectivity index (χ0v) is 14.3. The van der Waals surface area contributed by atoms with Crippen LogP contribution in [0, 0.1) is 3.70 Å². The molecule has 0 radical (unpaired) electrons. The topological polar surface area (TPSA) is 47.4 Å². The van der Waals surface area contributed by atoms with Gasteiger partial charge < -0.3 is 9.64 Å². The van der Waals surface area contributed by atoms with Crippen molar-refractivity contribution in [1.29, 1.82) is 0 Å². The molecule has 0 spiro atoms. The maximum Gasteiger partial charge on any atom is 0.253 e. The van der Waals surface area contributed by atoms with Gasteiger partial charge in [0.05, 0.1) is 5.52 Å². The van der Waals surface area contributed by atoms with E-state index in [1.165, 1.54) is 6.42 Å². The minimum atomic E-state index is 0.00867. The summed E-state index contributed by atoms with van der Waals surface area (Å²) in [7, 11) is 3.52. The highest BCUT2D eigenvalue weighted by Gasteiger charge is 2.21. The predicted molar refractivity (Wildman–Crippen MR) is 89.3 cm³/mol. The van der Waals surface area contributed by atoms with Gasteiger partial charge in [-0.1, -0.05) is 0 Å². The lowest BCUT2D eigenvalue weighted by Gasteiger charge is -2.23. The molecule has 5 nitrogen and oxygen atoms in total. The predicted octanol–water partition coefficient (Wildman–Crippen LogP) is 3.04. The average molecular weight is 399 g/mol. The number of halogens is 1. The molecular weight excluding hydrogens is 381 g/mol. The first-order valence-electron chi connectivity index (χ1n) is 7.09. The van der Waals surface area contributed by atoms with Gasteiger partial charge in [-0.15, -0.1) is 0 Å². The van der Waals surface area contributed by atoms with Crippen molar-refractivity contribution in [1.82, 2.24) is 14.7 Å². The molecule has 1 aliphatic rings. The third-order valence-electron chi connectivity index (χ3n) is 3.72. The van der Waals surface area contributed by atoms with Gasteiger partial charge in [0, 0.05) is 31.7 Å². The number of carbonyl (C=O) groups excluding carboxylic acids is 1. The summed E-state index contributed by atoms with van der Waals surface area (Å²) in [6, 6.07) is 5.67. The number of ether oxygens (including phenoxy) is 1. The van der Waals surface area contributed by atoms with E-state index in [9.17, 15) is 4.79 Å². The van der Waals surface area contributed by atoms with Gasteiger partial charge in [0.1, 0.15) is 3.70 Å². The number of fused-ring (bicyclic) bond motifs is 1. The van der Waals surface area contributed by atoms with Crippen molar-refractivity contribution >= 4 is 39.4 Å². The molecule has 1 aromatic carbocycles. The van der Waals surface area contributed by atoms with Crippen molar-refractivity contribution in [2.75, 3.05) is 20.7 Å². The van der Waals surface area contributed by atoms with Crippen LogP contribution in [0.2, 0.25) is 0 Å². The van der Waals surface area contributed by atoms with Crippen LogP contribution in [0.3, 0.4) is 0 Å². The Bertz CT molecular complexity index is 675. The number of rotatable bonds is 2. The molecule has 1 fully saturated rings. The zero-order valence-electron chi connectivity index (χ0n) is 12.2. The number of hydrogen-bond acceptors (Lipinski definition) is 3. The van der Waals surface area contributed by atoms with Crippen LogP contribution in [0.15, 0.2) is 18.2 Å². The first-order valence-corrected chi connectivity index (χ1v) is 8.17. The number of carbonyl (C=O) groups is 1. The van der Waals surface area contributed by atoms with Gasteiger partial charge in [-0.25, -0.2) is 4.68 Å². The fourth-order valence-corrected chi connectivity index (χ4v) is 3.42. The Morgan fingerprint density at radius 1 is 1.43 bits per heavy atom. The van der Waals surface area contributed by atoms with E-state index in [2.05, 4.69) is 27.7 Å². The van der Waals surface area contributed by atoms with Gasteiger partial charge in [0.2, 0.25) is 0 Å². The van der Waals surface area contributed by atoms with Crippen LogP contribution in [0.5, 0.6) is 0 Å². The van der Waals surface area contributed by atoms with Crippen molar-refractivity contribution in [3.8, 4) is 0 Å². The Kier molecular flexibility index (Phi) is 4.17. The molecule has 1 aliphatic heterocycles. The van der Waals surface area contributed by atoms with Gasteiger partial charge in [0.25, 0.3) is 5.91 Å². The second kappa shape index (κ2) is 5.92. The lowest BCUT2D eigenvalue weighted by molar-refractivity contribution is -0.0406. The Morgan fingerprint density at radius 3 is 2.90 bits per heavy atom. The SMILES string of the molecule is CN(C)C(=O)c1ccc2nn(C3CCCCO3)c(I)c2c1. The normalized spacial score (nSPS) is 18.9. The Morgan fingerprint density at radius 2 is 2.24 bits per heavy atom. The zero-order chi connectivity index (χ0) is 15.0. The van der Waals surface area contributed by atoms with Crippen LogP contribution in [0.4, 0.5) is 0 Å². The second-order valence-electron chi connectivity index (χ2n) is 5.49. The standard InChI is InChI=1S/C15H18IN3O2/c1-18(2)15(20)10-6-7-12-11(9-10)14(16)19(17-12)13-5-3-4-8-21-13/h6-7,9,13H,3-5,8H2,1-2H3. The minimum absolute atomic E-state index is 0.00867. The summed E-state index contributed by atoms with van der Waals surface area (Å²) in [5, 5.41) is 5.65. The van der Waals surface area contributed by atoms with E-state index in [0.717, 1.165) is 34.1 Å². The molecule has 0 saturated carbocycles. The number of benzene rings is 1. The first kappa shape index (κ1) is 14.8. The van der Waals surface area contributed by atoms with E-state index in [0.29, 0.717) is 5.56 Å². The summed E-state index contributed by atoms with van der Waals surface area (Å²) >= 11 is 2.29. The summed E-state index contributed by atoms with van der Waals surface area (Å²) in [6.07, 6.45) is 3.30. The summed E-state index contributed by atoms with van der Waals surface area (Å²) in [6.45, 7) is 0.793. The summed E-state index contributed by atoms with van der Waals surface area (Å²) in [5.41, 5.74) is 1.60. The van der Waals surface area contributed by atoms with Gasteiger partial charge in [-0.05, 0) is 60.1 Å². The summed E-state index contributed by atoms with van der Waals surface area (Å²) < 4.78 is 8.79.